The lowest BCUT2D eigenvalue weighted by atomic mass is 10.0. The van der Waals surface area contributed by atoms with Gasteiger partial charge < -0.3 is 30.1 Å². The summed E-state index contributed by atoms with van der Waals surface area (Å²) in [5.74, 6) is 0.262. The minimum absolute atomic E-state index is 0.109. The third-order valence-electron chi connectivity index (χ3n) is 4.53. The van der Waals surface area contributed by atoms with Gasteiger partial charge in [0.2, 0.25) is 5.91 Å². The van der Waals surface area contributed by atoms with Gasteiger partial charge in [0, 0.05) is 26.7 Å². The predicted octanol–water partition coefficient (Wildman–Crippen LogP) is -0.165. The van der Waals surface area contributed by atoms with Crippen LogP contribution in [0.1, 0.15) is 23.7 Å². The first-order valence-electron chi connectivity index (χ1n) is 8.45. The number of fused-ring (bicyclic) bond motifs is 1. The highest BCUT2D eigenvalue weighted by molar-refractivity contribution is 5.95. The average molecular weight is 365 g/mol. The van der Waals surface area contributed by atoms with Gasteiger partial charge >= 0.3 is 0 Å². The highest BCUT2D eigenvalue weighted by atomic mass is 16.5. The van der Waals surface area contributed by atoms with Gasteiger partial charge in [0.1, 0.15) is 12.4 Å². The van der Waals surface area contributed by atoms with E-state index in [1.807, 2.05) is 11.9 Å². The zero-order chi connectivity index (χ0) is 19.5. The fourth-order valence-electron chi connectivity index (χ4n) is 2.73. The Labute approximate surface area is 153 Å². The summed E-state index contributed by atoms with van der Waals surface area (Å²) in [6, 6.07) is 5.00. The van der Waals surface area contributed by atoms with Crippen LogP contribution in [0.15, 0.2) is 18.2 Å². The lowest BCUT2D eigenvalue weighted by Crippen LogP contribution is -2.53. The van der Waals surface area contributed by atoms with Crippen LogP contribution >= 0.6 is 0 Å². The normalized spacial score (nSPS) is 16.5. The van der Waals surface area contributed by atoms with Gasteiger partial charge in [-0.2, -0.15) is 0 Å². The molecule has 0 saturated carbocycles. The maximum atomic E-state index is 12.3. The number of nitrogens with one attached hydrogen (secondary N) is 1. The van der Waals surface area contributed by atoms with Crippen LogP contribution in [0.5, 0.6) is 5.75 Å². The van der Waals surface area contributed by atoms with Crippen LogP contribution in [-0.4, -0.2) is 79.5 Å². The summed E-state index contributed by atoms with van der Waals surface area (Å²) in [6.07, 6.45) is 0.136. The van der Waals surface area contributed by atoms with Crippen molar-refractivity contribution in [3.05, 3.63) is 23.8 Å². The van der Waals surface area contributed by atoms with Crippen molar-refractivity contribution in [1.29, 1.82) is 0 Å². The lowest BCUT2D eigenvalue weighted by Gasteiger charge is -2.36. The van der Waals surface area contributed by atoms with Crippen LogP contribution in [0.2, 0.25) is 0 Å². The van der Waals surface area contributed by atoms with Gasteiger partial charge in [-0.1, -0.05) is 0 Å². The molecule has 1 aromatic carbocycles. The number of aliphatic hydroxyl groups excluding tert-OH is 2. The highest BCUT2D eigenvalue weighted by Crippen LogP contribution is 2.34. The van der Waals surface area contributed by atoms with Crippen molar-refractivity contribution in [3.8, 4) is 5.75 Å². The zero-order valence-corrected chi connectivity index (χ0v) is 15.7. The van der Waals surface area contributed by atoms with E-state index >= 15 is 0 Å². The number of ether oxygens (including phenoxy) is 1. The van der Waals surface area contributed by atoms with Crippen molar-refractivity contribution >= 4 is 17.5 Å². The first-order valence-corrected chi connectivity index (χ1v) is 8.45. The fourth-order valence-corrected chi connectivity index (χ4v) is 2.73. The maximum absolute atomic E-state index is 12.3. The summed E-state index contributed by atoms with van der Waals surface area (Å²) in [7, 11) is 5.23. The van der Waals surface area contributed by atoms with Gasteiger partial charge in [0.25, 0.3) is 5.91 Å². The van der Waals surface area contributed by atoms with Crippen LogP contribution in [0.4, 0.5) is 5.69 Å². The number of rotatable bonds is 6. The molecular formula is C18H27N3O5. The third kappa shape index (κ3) is 4.25. The van der Waals surface area contributed by atoms with Gasteiger partial charge in [0.05, 0.1) is 36.9 Å². The third-order valence-corrected chi connectivity index (χ3v) is 4.53. The first kappa shape index (κ1) is 20.0. The van der Waals surface area contributed by atoms with Crippen molar-refractivity contribution < 1.29 is 24.5 Å². The van der Waals surface area contributed by atoms with E-state index in [1.165, 1.54) is 4.90 Å². The van der Waals surface area contributed by atoms with Gasteiger partial charge in [-0.15, -0.1) is 0 Å². The van der Waals surface area contributed by atoms with Crippen molar-refractivity contribution in [2.24, 2.45) is 0 Å². The second-order valence-corrected chi connectivity index (χ2v) is 7.09. The molecule has 0 aromatic heterocycles. The van der Waals surface area contributed by atoms with Gasteiger partial charge in [-0.05, 0) is 25.1 Å². The molecule has 26 heavy (non-hydrogen) atoms. The number of hydrogen-bond donors (Lipinski definition) is 3. The van der Waals surface area contributed by atoms with Crippen molar-refractivity contribution in [2.45, 2.75) is 24.9 Å². The molecule has 1 heterocycles. The topological polar surface area (TPSA) is 102 Å². The summed E-state index contributed by atoms with van der Waals surface area (Å²) >= 11 is 0. The van der Waals surface area contributed by atoms with Crippen LogP contribution in [-0.2, 0) is 4.79 Å². The molecule has 8 nitrogen and oxygen atoms in total. The Morgan fingerprint density at radius 3 is 2.58 bits per heavy atom. The van der Waals surface area contributed by atoms with E-state index in [9.17, 15) is 19.8 Å². The van der Waals surface area contributed by atoms with Crippen molar-refractivity contribution in [3.63, 3.8) is 0 Å². The number of hydrogen-bond acceptors (Lipinski definition) is 6. The second kappa shape index (κ2) is 7.92. The quantitative estimate of drug-likeness (QED) is 0.647. The fraction of sp³-hybridized carbons (Fsp3) is 0.556. The molecule has 0 radical (unpaired) electrons. The molecule has 2 amide bonds. The Morgan fingerprint density at radius 1 is 1.35 bits per heavy atom. The summed E-state index contributed by atoms with van der Waals surface area (Å²) in [6.45, 7) is 1.18. The van der Waals surface area contributed by atoms with E-state index in [-0.39, 0.29) is 37.5 Å². The molecule has 2 rings (SSSR count). The number of carbonyl (C=O) groups excluding carboxylic acids is 2. The number of carbonyl (C=O) groups is 2. The minimum Gasteiger partial charge on any atom is -0.489 e. The molecule has 0 aliphatic carbocycles. The lowest BCUT2D eigenvalue weighted by molar-refractivity contribution is -0.124. The molecule has 144 valence electrons. The SMILES string of the molecule is CN(C)C(=O)c1ccc2c(c1)N(C)C(CC(=O)NC(C)(CO)CO)CO2. The van der Waals surface area contributed by atoms with E-state index in [4.69, 9.17) is 4.74 Å². The summed E-state index contributed by atoms with van der Waals surface area (Å²) in [4.78, 5) is 27.9. The molecule has 1 atom stereocenters. The van der Waals surface area contributed by atoms with Crippen LogP contribution in [0, 0.1) is 0 Å². The molecule has 1 aliphatic rings. The second-order valence-electron chi connectivity index (χ2n) is 7.09. The molecular weight excluding hydrogens is 338 g/mol. The molecule has 1 unspecified atom stereocenters. The van der Waals surface area contributed by atoms with Crippen LogP contribution in [0.3, 0.4) is 0 Å². The Morgan fingerprint density at radius 2 is 2.00 bits per heavy atom. The monoisotopic (exact) mass is 365 g/mol. The van der Waals surface area contributed by atoms with E-state index in [1.54, 1.807) is 39.2 Å². The van der Waals surface area contributed by atoms with E-state index in [0.29, 0.717) is 17.9 Å². The Hall–Kier alpha value is -2.32. The number of benzene rings is 1. The standard InChI is InChI=1S/C18H27N3O5/c1-18(10-22,11-23)19-16(24)8-13-9-26-15-6-5-12(17(25)20(2)3)7-14(15)21(13)4/h5-7,13,22-23H,8-11H2,1-4H3,(H,19,24). The van der Waals surface area contributed by atoms with E-state index < -0.39 is 5.54 Å². The number of amides is 2. The van der Waals surface area contributed by atoms with Gasteiger partial charge in [-0.3, -0.25) is 9.59 Å². The smallest absolute Gasteiger partial charge is 0.253 e. The highest BCUT2D eigenvalue weighted by Gasteiger charge is 2.30. The van der Waals surface area contributed by atoms with Crippen LogP contribution < -0.4 is 15.0 Å². The number of anilines is 1. The van der Waals surface area contributed by atoms with E-state index in [2.05, 4.69) is 5.32 Å². The number of nitrogens with zero attached hydrogens (tertiary/aromatic N) is 2. The van der Waals surface area contributed by atoms with Gasteiger partial charge in [-0.25, -0.2) is 0 Å². The maximum Gasteiger partial charge on any atom is 0.253 e. The molecule has 8 heteroatoms. The average Bonchev–Trinajstić information content (AvgIpc) is 2.63. The zero-order valence-electron chi connectivity index (χ0n) is 15.7. The summed E-state index contributed by atoms with van der Waals surface area (Å²) in [5, 5.41) is 21.3. The summed E-state index contributed by atoms with van der Waals surface area (Å²) < 4.78 is 5.74. The number of aliphatic hydroxyl groups is 2. The molecule has 1 aromatic rings. The Bertz CT molecular complexity index is 673. The molecule has 0 bridgehead atoms. The molecule has 0 saturated heterocycles. The largest absolute Gasteiger partial charge is 0.489 e. The predicted molar refractivity (Wildman–Crippen MR) is 97.5 cm³/mol. The van der Waals surface area contributed by atoms with Crippen molar-refractivity contribution in [1.82, 2.24) is 10.2 Å². The van der Waals surface area contributed by atoms with Gasteiger partial charge in [0.15, 0.2) is 0 Å². The molecule has 3 N–H and O–H groups in total. The number of likely N-dealkylation sites (N-methyl/N-ethyl adjacent to an activating group) is 1. The Balaban J connectivity index is 2.13. The summed E-state index contributed by atoms with van der Waals surface area (Å²) in [5.41, 5.74) is 0.227. The molecule has 0 spiro atoms. The van der Waals surface area contributed by atoms with E-state index in [0.717, 1.165) is 5.69 Å². The molecule has 1 aliphatic heterocycles. The van der Waals surface area contributed by atoms with Crippen LogP contribution in [0.25, 0.3) is 0 Å². The van der Waals surface area contributed by atoms with Crippen molar-refractivity contribution in [2.75, 3.05) is 45.9 Å². The molecule has 0 fully saturated rings. The minimum atomic E-state index is -1.06. The first-order chi connectivity index (χ1) is 12.2. The Kier molecular flexibility index (Phi) is 6.09.